The quantitative estimate of drug-likeness (QED) is 0.109. The number of nitrogens with zero attached hydrogens (tertiary/aromatic N) is 4. The third-order valence-electron chi connectivity index (χ3n) is 13.6. The lowest BCUT2D eigenvalue weighted by Gasteiger charge is -2.29. The largest absolute Gasteiger partial charge is 0.453 e. The van der Waals surface area contributed by atoms with E-state index in [1.165, 1.54) is 49.3 Å². The predicted octanol–water partition coefficient (Wildman–Crippen LogP) is 8.23. The number of amides is 4. The molecule has 14 nitrogen and oxygen atoms in total. The van der Waals surface area contributed by atoms with E-state index in [1.807, 2.05) is 37.5 Å². The van der Waals surface area contributed by atoms with E-state index in [2.05, 4.69) is 69.1 Å². The Morgan fingerprint density at radius 2 is 1.07 bits per heavy atom. The van der Waals surface area contributed by atoms with E-state index in [4.69, 9.17) is 19.4 Å². The van der Waals surface area contributed by atoms with Crippen LogP contribution in [0.4, 0.5) is 9.59 Å². The molecule has 6 atom stereocenters. The first-order chi connectivity index (χ1) is 29.4. The summed E-state index contributed by atoms with van der Waals surface area (Å²) < 4.78 is 9.63. The molecular weight excluding hydrogens is 773 g/mol. The second-order valence-corrected chi connectivity index (χ2v) is 18.0. The van der Waals surface area contributed by atoms with Gasteiger partial charge in [0.25, 0.3) is 0 Å². The van der Waals surface area contributed by atoms with Gasteiger partial charge in [-0.05, 0) is 126 Å². The molecule has 2 aliphatic carbocycles. The summed E-state index contributed by atoms with van der Waals surface area (Å²) in [6.07, 6.45) is 5.59. The molecule has 4 N–H and O–H groups in total. The molecule has 2 bridgehead atoms. The first-order valence-corrected chi connectivity index (χ1v) is 21.9. The lowest BCUT2D eigenvalue weighted by Crippen LogP contribution is -2.51. The molecule has 9 rings (SSSR count). The Labute approximate surface area is 355 Å². The standard InChI is InChI=1S/C47H56N8O6/c1-24(2)40(52-46(58)60-5)44(56)54-19-7-9-36(54)42-48-32-17-13-26(22-34(32)50-42)30-15-16-31(39-29-12-11-28(21-29)38(30)39)27-14-18-33-35(23-27)51-43(49-33)37-10-8-20-55(37)45(57)41(25(3)4)53-47(59)61-6/h13-18,22-25,28-29,36-37,40-41H,7-12,19-21H2,1-6H3,(H,48,50)(H,49,51)(H,52,58)(H,53,59). The highest BCUT2D eigenvalue weighted by molar-refractivity contribution is 5.90. The summed E-state index contributed by atoms with van der Waals surface area (Å²) in [5.74, 6) is 2.07. The molecule has 3 fully saturated rings. The molecule has 2 saturated heterocycles. The maximum absolute atomic E-state index is 13.8. The highest BCUT2D eigenvalue weighted by Crippen LogP contribution is 2.58. The Bertz CT molecular complexity index is 2350. The van der Waals surface area contributed by atoms with Crippen LogP contribution in [0.5, 0.6) is 0 Å². The van der Waals surface area contributed by atoms with Gasteiger partial charge in [-0.1, -0.05) is 52.0 Å². The highest BCUT2D eigenvalue weighted by Gasteiger charge is 2.42. The molecule has 3 aromatic carbocycles. The molecule has 320 valence electrons. The van der Waals surface area contributed by atoms with Crippen LogP contribution in [-0.4, -0.2) is 93.1 Å². The number of rotatable bonds is 10. The van der Waals surface area contributed by atoms with Gasteiger partial charge >= 0.3 is 12.2 Å². The van der Waals surface area contributed by atoms with Gasteiger partial charge in [0.15, 0.2) is 0 Å². The Balaban J connectivity index is 0.995. The summed E-state index contributed by atoms with van der Waals surface area (Å²) >= 11 is 0. The van der Waals surface area contributed by atoms with Gasteiger partial charge in [0, 0.05) is 13.1 Å². The molecule has 4 aliphatic rings. The van der Waals surface area contributed by atoms with Crippen molar-refractivity contribution in [2.75, 3.05) is 27.3 Å². The van der Waals surface area contributed by atoms with Crippen molar-refractivity contribution in [3.05, 3.63) is 71.3 Å². The lowest BCUT2D eigenvalue weighted by molar-refractivity contribution is -0.136. The third kappa shape index (κ3) is 7.27. The first kappa shape index (κ1) is 40.5. The number of hydrogen-bond acceptors (Lipinski definition) is 8. The number of fused-ring (bicyclic) bond motifs is 7. The van der Waals surface area contributed by atoms with Gasteiger partial charge in [0.2, 0.25) is 11.8 Å². The van der Waals surface area contributed by atoms with Gasteiger partial charge in [-0.2, -0.15) is 0 Å². The number of aromatic amines is 2. The van der Waals surface area contributed by atoms with E-state index in [1.54, 1.807) is 0 Å². The van der Waals surface area contributed by atoms with Gasteiger partial charge in [-0.3, -0.25) is 9.59 Å². The Morgan fingerprint density at radius 1 is 0.639 bits per heavy atom. The number of alkyl carbamates (subject to hydrolysis) is 2. The fraction of sp³-hybridized carbons (Fsp3) is 0.489. The monoisotopic (exact) mass is 828 g/mol. The number of nitrogens with one attached hydrogen (secondary N) is 4. The van der Waals surface area contributed by atoms with Crippen molar-refractivity contribution in [3.8, 4) is 22.3 Å². The molecule has 0 radical (unpaired) electrons. The molecule has 14 heteroatoms. The van der Waals surface area contributed by atoms with Crippen molar-refractivity contribution < 1.29 is 28.7 Å². The van der Waals surface area contributed by atoms with Crippen LogP contribution in [0, 0.1) is 11.8 Å². The van der Waals surface area contributed by atoms with Crippen LogP contribution < -0.4 is 10.6 Å². The molecule has 6 unspecified atom stereocenters. The van der Waals surface area contributed by atoms with E-state index >= 15 is 0 Å². The summed E-state index contributed by atoms with van der Waals surface area (Å²) in [5.41, 5.74) is 11.3. The van der Waals surface area contributed by atoms with Crippen LogP contribution >= 0.6 is 0 Å². The SMILES string of the molecule is COC(=O)NC(C(=O)N1CCCC1c1nc2ccc(-c3ccc(-c4ccc5nc(C6CCCN6C(=O)C(NC(=O)OC)C(C)C)[nH]c5c4)c4c3C3CCC4C3)cc2[nH]1)C(C)C. The average Bonchev–Trinajstić information content (AvgIpc) is 4.12. The zero-order valence-electron chi connectivity index (χ0n) is 35.8. The summed E-state index contributed by atoms with van der Waals surface area (Å²) in [7, 11) is 2.61. The highest BCUT2D eigenvalue weighted by atomic mass is 16.5. The van der Waals surface area contributed by atoms with Crippen LogP contribution in [-0.2, 0) is 19.1 Å². The van der Waals surface area contributed by atoms with E-state index in [0.29, 0.717) is 24.9 Å². The van der Waals surface area contributed by atoms with E-state index in [0.717, 1.165) is 76.9 Å². The maximum atomic E-state index is 13.8. The minimum absolute atomic E-state index is 0.106. The van der Waals surface area contributed by atoms with Crippen molar-refractivity contribution in [2.45, 2.75) is 109 Å². The van der Waals surface area contributed by atoms with Crippen LogP contribution in [0.2, 0.25) is 0 Å². The number of aromatic nitrogens is 4. The average molecular weight is 829 g/mol. The minimum atomic E-state index is -0.690. The molecule has 0 spiro atoms. The number of ether oxygens (including phenoxy) is 2. The number of carbonyl (C=O) groups excluding carboxylic acids is 4. The van der Waals surface area contributed by atoms with Crippen LogP contribution in [0.1, 0.15) is 119 Å². The zero-order chi connectivity index (χ0) is 42.7. The number of H-pyrrole nitrogens is 2. The van der Waals surface area contributed by atoms with E-state index in [9.17, 15) is 19.2 Å². The number of hydrogen-bond donors (Lipinski definition) is 4. The van der Waals surface area contributed by atoms with Crippen LogP contribution in [0.25, 0.3) is 44.3 Å². The van der Waals surface area contributed by atoms with Crippen LogP contribution in [0.15, 0.2) is 48.5 Å². The number of methoxy groups -OCH3 is 2. The van der Waals surface area contributed by atoms with E-state index in [-0.39, 0.29) is 35.7 Å². The number of carbonyl (C=O) groups is 4. The molecule has 61 heavy (non-hydrogen) atoms. The van der Waals surface area contributed by atoms with Gasteiger partial charge in [-0.25, -0.2) is 19.6 Å². The van der Waals surface area contributed by atoms with Crippen molar-refractivity contribution in [3.63, 3.8) is 0 Å². The predicted molar refractivity (Wildman–Crippen MR) is 232 cm³/mol. The topological polar surface area (TPSA) is 175 Å². The summed E-state index contributed by atoms with van der Waals surface area (Å²) in [5, 5.41) is 5.47. The van der Waals surface area contributed by atoms with Gasteiger partial charge < -0.3 is 39.9 Å². The molecule has 4 heterocycles. The maximum Gasteiger partial charge on any atom is 0.407 e. The van der Waals surface area contributed by atoms with Crippen molar-refractivity contribution in [1.29, 1.82) is 0 Å². The molecule has 4 amide bonds. The Kier molecular flexibility index (Phi) is 10.7. The Hall–Kier alpha value is -5.92. The number of likely N-dealkylation sites (tertiary alicyclic amines) is 2. The molecular formula is C47H56N8O6. The second kappa shape index (κ2) is 16.2. The van der Waals surface area contributed by atoms with E-state index < -0.39 is 24.3 Å². The van der Waals surface area contributed by atoms with Gasteiger partial charge in [-0.15, -0.1) is 0 Å². The molecule has 2 aromatic heterocycles. The fourth-order valence-corrected chi connectivity index (χ4v) is 10.6. The normalized spacial score (nSPS) is 21.7. The fourth-order valence-electron chi connectivity index (χ4n) is 10.6. The number of benzene rings is 3. The lowest BCUT2D eigenvalue weighted by atomic mass is 9.81. The van der Waals surface area contributed by atoms with Crippen molar-refractivity contribution in [2.24, 2.45) is 11.8 Å². The molecule has 5 aromatic rings. The molecule has 2 aliphatic heterocycles. The minimum Gasteiger partial charge on any atom is -0.453 e. The van der Waals surface area contributed by atoms with Gasteiger partial charge in [0.05, 0.1) is 48.4 Å². The van der Waals surface area contributed by atoms with Crippen molar-refractivity contribution >= 4 is 46.1 Å². The summed E-state index contributed by atoms with van der Waals surface area (Å²) in [4.78, 5) is 72.6. The van der Waals surface area contributed by atoms with Gasteiger partial charge in [0.1, 0.15) is 23.7 Å². The molecule has 1 saturated carbocycles. The summed E-state index contributed by atoms with van der Waals surface area (Å²) in [6, 6.07) is 15.7. The second-order valence-electron chi connectivity index (χ2n) is 18.0. The van der Waals surface area contributed by atoms with Crippen LogP contribution in [0.3, 0.4) is 0 Å². The third-order valence-corrected chi connectivity index (χ3v) is 13.6. The smallest absolute Gasteiger partial charge is 0.407 e. The van der Waals surface area contributed by atoms with Crippen molar-refractivity contribution in [1.82, 2.24) is 40.4 Å². The Morgan fingerprint density at radius 3 is 1.46 bits per heavy atom. The summed E-state index contributed by atoms with van der Waals surface area (Å²) in [6.45, 7) is 8.88. The number of imidazole rings is 2. The zero-order valence-corrected chi connectivity index (χ0v) is 35.8. The first-order valence-electron chi connectivity index (χ1n) is 21.9.